The van der Waals surface area contributed by atoms with E-state index in [1.807, 2.05) is 30.3 Å². The summed E-state index contributed by atoms with van der Waals surface area (Å²) in [5, 5.41) is 16.9. The first-order valence-corrected chi connectivity index (χ1v) is 7.09. The number of benzene rings is 1. The van der Waals surface area contributed by atoms with Crippen molar-refractivity contribution in [3.8, 4) is 23.0 Å². The Morgan fingerprint density at radius 3 is 2.83 bits per heavy atom. The zero-order chi connectivity index (χ0) is 15.8. The van der Waals surface area contributed by atoms with E-state index in [2.05, 4.69) is 21.5 Å². The van der Waals surface area contributed by atoms with Crippen LogP contribution in [-0.2, 0) is 11.2 Å². The maximum atomic E-state index is 12.1. The highest BCUT2D eigenvalue weighted by Crippen LogP contribution is 2.32. The minimum absolute atomic E-state index is 0.174. The number of fused-ring (bicyclic) bond motifs is 3. The first-order valence-electron chi connectivity index (χ1n) is 7.09. The van der Waals surface area contributed by atoms with Crippen LogP contribution >= 0.6 is 0 Å². The summed E-state index contributed by atoms with van der Waals surface area (Å²) in [4.78, 5) is 16.3. The Balaban J connectivity index is 2.02. The summed E-state index contributed by atoms with van der Waals surface area (Å²) in [6, 6.07) is 13.4. The van der Waals surface area contributed by atoms with Gasteiger partial charge in [0.05, 0.1) is 18.3 Å². The number of amides is 1. The van der Waals surface area contributed by atoms with E-state index < -0.39 is 0 Å². The van der Waals surface area contributed by atoms with Crippen LogP contribution in [0.15, 0.2) is 48.8 Å². The highest BCUT2D eigenvalue weighted by atomic mass is 16.1. The van der Waals surface area contributed by atoms with Crippen molar-refractivity contribution in [3.63, 3.8) is 0 Å². The molecule has 1 aromatic carbocycles. The molecule has 0 atom stereocenters. The van der Waals surface area contributed by atoms with Gasteiger partial charge in [-0.15, -0.1) is 0 Å². The Morgan fingerprint density at radius 1 is 1.22 bits per heavy atom. The van der Waals surface area contributed by atoms with Crippen molar-refractivity contribution in [1.82, 2.24) is 14.8 Å². The van der Waals surface area contributed by atoms with Gasteiger partial charge in [-0.1, -0.05) is 30.3 Å². The number of hydrogen-bond donors (Lipinski definition) is 1. The molecular formula is C17H11N5O. The monoisotopic (exact) mass is 301 g/mol. The van der Waals surface area contributed by atoms with Gasteiger partial charge >= 0.3 is 0 Å². The predicted octanol–water partition coefficient (Wildman–Crippen LogP) is 2.30. The number of carbonyl (C=O) groups excluding carboxylic acids is 1. The minimum atomic E-state index is -0.174. The molecule has 3 aromatic rings. The lowest BCUT2D eigenvalue weighted by Gasteiger charge is -2.05. The Hall–Kier alpha value is -3.46. The lowest BCUT2D eigenvalue weighted by atomic mass is 10.1. The molecule has 0 aliphatic carbocycles. The third kappa shape index (κ3) is 2.07. The lowest BCUT2D eigenvalue weighted by Crippen LogP contribution is -2.13. The summed E-state index contributed by atoms with van der Waals surface area (Å²) in [5.74, 6) is 0.218. The summed E-state index contributed by atoms with van der Waals surface area (Å²) in [7, 11) is 0. The Labute approximate surface area is 132 Å². The van der Waals surface area contributed by atoms with Crippen molar-refractivity contribution in [1.29, 1.82) is 5.26 Å². The predicted molar refractivity (Wildman–Crippen MR) is 83.8 cm³/mol. The third-order valence-corrected chi connectivity index (χ3v) is 3.77. The van der Waals surface area contributed by atoms with Gasteiger partial charge in [-0.3, -0.25) is 9.78 Å². The van der Waals surface area contributed by atoms with Gasteiger partial charge in [0.2, 0.25) is 5.91 Å². The quantitative estimate of drug-likeness (QED) is 0.747. The smallest absolute Gasteiger partial charge is 0.230 e. The van der Waals surface area contributed by atoms with E-state index in [4.69, 9.17) is 0 Å². The van der Waals surface area contributed by atoms with E-state index >= 15 is 0 Å². The van der Waals surface area contributed by atoms with Crippen molar-refractivity contribution >= 4 is 11.7 Å². The van der Waals surface area contributed by atoms with Crippen molar-refractivity contribution in [2.45, 2.75) is 6.42 Å². The summed E-state index contributed by atoms with van der Waals surface area (Å²) < 4.78 is 1.59. The first kappa shape index (κ1) is 13.2. The van der Waals surface area contributed by atoms with Gasteiger partial charge in [0.1, 0.15) is 17.3 Å². The number of carbonyl (C=O) groups is 1. The highest BCUT2D eigenvalue weighted by Gasteiger charge is 2.26. The maximum absolute atomic E-state index is 12.1. The molecule has 0 fully saturated rings. The van der Waals surface area contributed by atoms with E-state index in [-0.39, 0.29) is 12.3 Å². The molecular weight excluding hydrogens is 290 g/mol. The van der Waals surface area contributed by atoms with Crippen LogP contribution in [0, 0.1) is 11.3 Å². The van der Waals surface area contributed by atoms with Crippen LogP contribution in [0.5, 0.6) is 0 Å². The molecule has 0 bridgehead atoms. The number of hydrogen-bond acceptors (Lipinski definition) is 4. The van der Waals surface area contributed by atoms with E-state index in [9.17, 15) is 10.1 Å². The minimum Gasteiger partial charge on any atom is -0.309 e. The van der Waals surface area contributed by atoms with Gasteiger partial charge in [-0.2, -0.15) is 10.4 Å². The first-order chi connectivity index (χ1) is 11.3. The van der Waals surface area contributed by atoms with Crippen LogP contribution in [0.25, 0.3) is 16.9 Å². The SMILES string of the molecule is N#Cc1c(-c2ccccc2)nn2c1NC(=O)Cc1ccncc1-2. The van der Waals surface area contributed by atoms with E-state index in [0.29, 0.717) is 22.8 Å². The number of rotatable bonds is 1. The number of nitrogens with zero attached hydrogens (tertiary/aromatic N) is 4. The van der Waals surface area contributed by atoms with Crippen molar-refractivity contribution in [2.75, 3.05) is 5.32 Å². The Morgan fingerprint density at radius 2 is 2.04 bits per heavy atom. The molecule has 1 aliphatic rings. The average Bonchev–Trinajstić information content (AvgIpc) is 2.87. The molecule has 0 saturated carbocycles. The Bertz CT molecular complexity index is 953. The second kappa shape index (κ2) is 5.07. The van der Waals surface area contributed by atoms with Crippen LogP contribution < -0.4 is 5.32 Å². The second-order valence-electron chi connectivity index (χ2n) is 5.19. The molecule has 2 aromatic heterocycles. The van der Waals surface area contributed by atoms with Crippen LogP contribution in [0.4, 0.5) is 5.82 Å². The summed E-state index contributed by atoms with van der Waals surface area (Å²) in [6.07, 6.45) is 3.53. The molecule has 0 spiro atoms. The molecule has 1 N–H and O–H groups in total. The molecule has 4 rings (SSSR count). The van der Waals surface area contributed by atoms with Crippen LogP contribution in [0.3, 0.4) is 0 Å². The number of anilines is 1. The fourth-order valence-corrected chi connectivity index (χ4v) is 2.72. The number of nitriles is 1. The van der Waals surface area contributed by atoms with Gasteiger partial charge in [-0.25, -0.2) is 4.68 Å². The fraction of sp³-hybridized carbons (Fsp3) is 0.0588. The number of pyridine rings is 1. The van der Waals surface area contributed by atoms with E-state index in [1.54, 1.807) is 23.1 Å². The van der Waals surface area contributed by atoms with E-state index in [0.717, 1.165) is 11.1 Å². The van der Waals surface area contributed by atoms with Gasteiger partial charge in [0.15, 0.2) is 5.82 Å². The molecule has 0 radical (unpaired) electrons. The standard InChI is InChI=1S/C17H11N5O/c18-9-13-16(11-4-2-1-3-5-11)21-22-14-10-19-7-6-12(14)8-15(23)20-17(13)22/h1-7,10H,8H2,(H,20,23). The summed E-state index contributed by atoms with van der Waals surface area (Å²) in [6.45, 7) is 0. The number of nitrogens with one attached hydrogen (secondary N) is 1. The van der Waals surface area contributed by atoms with Crippen LogP contribution in [-0.4, -0.2) is 20.7 Å². The van der Waals surface area contributed by atoms with E-state index in [1.165, 1.54) is 0 Å². The van der Waals surface area contributed by atoms with Crippen molar-refractivity contribution in [2.24, 2.45) is 0 Å². The van der Waals surface area contributed by atoms with Gasteiger partial charge in [-0.05, 0) is 11.6 Å². The number of aromatic nitrogens is 3. The molecule has 1 amide bonds. The highest BCUT2D eigenvalue weighted by molar-refractivity contribution is 5.96. The molecule has 3 heterocycles. The molecule has 6 heteroatoms. The zero-order valence-corrected chi connectivity index (χ0v) is 12.0. The van der Waals surface area contributed by atoms with Crippen LogP contribution in [0.1, 0.15) is 11.1 Å². The van der Waals surface area contributed by atoms with Crippen LogP contribution in [0.2, 0.25) is 0 Å². The zero-order valence-electron chi connectivity index (χ0n) is 12.0. The largest absolute Gasteiger partial charge is 0.309 e. The second-order valence-corrected chi connectivity index (χ2v) is 5.19. The molecule has 0 unspecified atom stereocenters. The lowest BCUT2D eigenvalue weighted by molar-refractivity contribution is -0.115. The van der Waals surface area contributed by atoms with Crippen molar-refractivity contribution < 1.29 is 4.79 Å². The molecule has 110 valence electrons. The average molecular weight is 301 g/mol. The summed E-state index contributed by atoms with van der Waals surface area (Å²) >= 11 is 0. The van der Waals surface area contributed by atoms with Gasteiger partial charge < -0.3 is 5.32 Å². The summed E-state index contributed by atoms with van der Waals surface area (Å²) in [5.41, 5.74) is 3.24. The molecule has 0 saturated heterocycles. The molecule has 23 heavy (non-hydrogen) atoms. The maximum Gasteiger partial charge on any atom is 0.230 e. The van der Waals surface area contributed by atoms with Gasteiger partial charge in [0.25, 0.3) is 0 Å². The normalized spacial score (nSPS) is 12.6. The molecule has 6 nitrogen and oxygen atoms in total. The van der Waals surface area contributed by atoms with Crippen molar-refractivity contribution in [3.05, 3.63) is 59.9 Å². The molecule has 1 aliphatic heterocycles. The third-order valence-electron chi connectivity index (χ3n) is 3.77. The van der Waals surface area contributed by atoms with Gasteiger partial charge in [0, 0.05) is 11.8 Å². The fourth-order valence-electron chi connectivity index (χ4n) is 2.72. The Kier molecular flexibility index (Phi) is 2.91. The topological polar surface area (TPSA) is 83.6 Å².